The van der Waals surface area contributed by atoms with Gasteiger partial charge in [0.1, 0.15) is 6.61 Å². The minimum absolute atomic E-state index is 0.0387. The molecule has 0 rings (SSSR count). The van der Waals surface area contributed by atoms with E-state index in [2.05, 4.69) is 18.5 Å². The number of carbonyl (C=O) groups excluding carboxylic acids is 1. The van der Waals surface area contributed by atoms with Crippen LogP contribution in [0.5, 0.6) is 0 Å². The number of rotatable bonds is 5. The summed E-state index contributed by atoms with van der Waals surface area (Å²) >= 11 is 0. The average molecular weight is 199 g/mol. The second kappa shape index (κ2) is 6.21. The molecule has 0 spiro atoms. The van der Waals surface area contributed by atoms with Gasteiger partial charge in [-0.2, -0.15) is 0 Å². The minimum atomic E-state index is -0.494. The molecule has 0 heterocycles. The van der Waals surface area contributed by atoms with E-state index < -0.39 is 6.09 Å². The van der Waals surface area contributed by atoms with Crippen LogP contribution in [0.25, 0.3) is 0 Å². The molecule has 0 aliphatic heterocycles. The van der Waals surface area contributed by atoms with Crippen molar-refractivity contribution in [2.24, 2.45) is 0 Å². The van der Waals surface area contributed by atoms with Gasteiger partial charge >= 0.3 is 6.09 Å². The fraction of sp³-hybridized carbons (Fsp3) is 0.500. The molecule has 0 aliphatic carbocycles. The molecule has 4 heteroatoms. The summed E-state index contributed by atoms with van der Waals surface area (Å²) in [5, 5.41) is 11.3. The molecule has 0 saturated carbocycles. The number of aliphatic hydroxyl groups excluding tert-OH is 1. The molecule has 0 atom stereocenters. The highest BCUT2D eigenvalue weighted by atomic mass is 16.5. The normalized spacial score (nSPS) is 9.71. The van der Waals surface area contributed by atoms with Crippen molar-refractivity contribution in [3.05, 3.63) is 24.3 Å². The maximum Gasteiger partial charge on any atom is 0.407 e. The van der Waals surface area contributed by atoms with Crippen LogP contribution in [0.4, 0.5) is 4.79 Å². The van der Waals surface area contributed by atoms with E-state index >= 15 is 0 Å². The van der Waals surface area contributed by atoms with Crippen molar-refractivity contribution < 1.29 is 14.6 Å². The van der Waals surface area contributed by atoms with Crippen LogP contribution < -0.4 is 5.32 Å². The van der Waals surface area contributed by atoms with Crippen molar-refractivity contribution in [1.29, 1.82) is 0 Å². The summed E-state index contributed by atoms with van der Waals surface area (Å²) in [5.74, 6) is 0. The van der Waals surface area contributed by atoms with Crippen LogP contribution in [-0.2, 0) is 4.74 Å². The molecule has 0 aliphatic rings. The summed E-state index contributed by atoms with van der Waals surface area (Å²) in [5.41, 5.74) is 0.994. The molecule has 14 heavy (non-hydrogen) atoms. The molecule has 0 saturated heterocycles. The smallest absolute Gasteiger partial charge is 0.407 e. The van der Waals surface area contributed by atoms with Gasteiger partial charge in [0, 0.05) is 6.04 Å². The Labute approximate surface area is 84.3 Å². The Kier molecular flexibility index (Phi) is 5.64. The van der Waals surface area contributed by atoms with Crippen LogP contribution in [0.15, 0.2) is 24.3 Å². The van der Waals surface area contributed by atoms with Gasteiger partial charge < -0.3 is 15.2 Å². The molecule has 0 unspecified atom stereocenters. The highest BCUT2D eigenvalue weighted by Crippen LogP contribution is 2.04. The van der Waals surface area contributed by atoms with Gasteiger partial charge in [0.15, 0.2) is 0 Å². The lowest BCUT2D eigenvalue weighted by Gasteiger charge is -2.11. The average Bonchev–Trinajstić information content (AvgIpc) is 2.11. The van der Waals surface area contributed by atoms with Crippen molar-refractivity contribution in [1.82, 2.24) is 5.32 Å². The molecule has 0 aromatic carbocycles. The summed E-state index contributed by atoms with van der Waals surface area (Å²) in [6.07, 6.45) is -0.494. The lowest BCUT2D eigenvalue weighted by Crippen LogP contribution is -2.31. The second-order valence-electron chi connectivity index (χ2n) is 3.24. The van der Waals surface area contributed by atoms with Gasteiger partial charge in [0.25, 0.3) is 0 Å². The highest BCUT2D eigenvalue weighted by Gasteiger charge is 2.05. The molecule has 80 valence electrons. The Balaban J connectivity index is 3.78. The van der Waals surface area contributed by atoms with Crippen molar-refractivity contribution >= 4 is 6.09 Å². The molecular weight excluding hydrogens is 182 g/mol. The van der Waals surface area contributed by atoms with E-state index in [-0.39, 0.29) is 19.3 Å². The third-order valence-corrected chi connectivity index (χ3v) is 1.47. The summed E-state index contributed by atoms with van der Waals surface area (Å²) in [6.45, 7) is 10.7. The van der Waals surface area contributed by atoms with Crippen LogP contribution in [0.1, 0.15) is 13.8 Å². The zero-order chi connectivity index (χ0) is 11.1. The number of ether oxygens (including phenoxy) is 1. The number of nitrogens with one attached hydrogen (secondary N) is 1. The topological polar surface area (TPSA) is 58.6 Å². The van der Waals surface area contributed by atoms with Crippen LogP contribution >= 0.6 is 0 Å². The zero-order valence-corrected chi connectivity index (χ0v) is 8.67. The van der Waals surface area contributed by atoms with Crippen molar-refractivity contribution in [3.63, 3.8) is 0 Å². The Morgan fingerprint density at radius 2 is 2.00 bits per heavy atom. The van der Waals surface area contributed by atoms with Crippen molar-refractivity contribution in [2.75, 3.05) is 13.2 Å². The van der Waals surface area contributed by atoms with E-state index in [4.69, 9.17) is 9.84 Å². The quantitative estimate of drug-likeness (QED) is 0.655. The van der Waals surface area contributed by atoms with Gasteiger partial charge in [0.2, 0.25) is 0 Å². The van der Waals surface area contributed by atoms with Gasteiger partial charge in [-0.05, 0) is 25.0 Å². The first-order chi connectivity index (χ1) is 6.47. The van der Waals surface area contributed by atoms with Crippen molar-refractivity contribution in [3.8, 4) is 0 Å². The van der Waals surface area contributed by atoms with E-state index in [0.29, 0.717) is 11.1 Å². The van der Waals surface area contributed by atoms with E-state index in [1.54, 1.807) is 0 Å². The predicted octanol–water partition coefficient (Wildman–Crippen LogP) is 1.23. The fourth-order valence-corrected chi connectivity index (χ4v) is 0.644. The van der Waals surface area contributed by atoms with Gasteiger partial charge in [-0.3, -0.25) is 0 Å². The van der Waals surface area contributed by atoms with Crippen molar-refractivity contribution in [2.45, 2.75) is 19.9 Å². The number of alkyl carbamates (subject to hydrolysis) is 1. The summed E-state index contributed by atoms with van der Waals surface area (Å²) < 4.78 is 4.82. The number of aliphatic hydroxyl groups is 1. The molecule has 0 aromatic heterocycles. The molecule has 4 nitrogen and oxygen atoms in total. The third-order valence-electron chi connectivity index (χ3n) is 1.47. The zero-order valence-electron chi connectivity index (χ0n) is 8.67. The van der Waals surface area contributed by atoms with E-state index in [1.165, 1.54) is 0 Å². The maximum atomic E-state index is 11.0. The molecule has 1 amide bonds. The van der Waals surface area contributed by atoms with Gasteiger partial charge in [0.05, 0.1) is 6.61 Å². The highest BCUT2D eigenvalue weighted by molar-refractivity contribution is 5.67. The molecular formula is C10H17NO3. The molecule has 0 radical (unpaired) electrons. The molecule has 2 N–H and O–H groups in total. The SMILES string of the molecule is C=C(CO)C(=C)COC(=O)NC(C)C. The number of amides is 1. The standard InChI is InChI=1S/C10H17NO3/c1-7(2)11-10(13)14-6-9(4)8(3)5-12/h7,12H,3-6H2,1-2H3,(H,11,13). The van der Waals surface area contributed by atoms with E-state index in [0.717, 1.165) is 0 Å². The number of hydrogen-bond acceptors (Lipinski definition) is 3. The van der Waals surface area contributed by atoms with E-state index in [1.807, 2.05) is 13.8 Å². The van der Waals surface area contributed by atoms with Crippen LogP contribution in [0.2, 0.25) is 0 Å². The first-order valence-corrected chi connectivity index (χ1v) is 4.37. The third kappa shape index (κ3) is 5.37. The van der Waals surface area contributed by atoms with E-state index in [9.17, 15) is 4.79 Å². The Bertz CT molecular complexity index is 234. The first kappa shape index (κ1) is 12.7. The summed E-state index contributed by atoms with van der Waals surface area (Å²) in [7, 11) is 0. The lowest BCUT2D eigenvalue weighted by molar-refractivity contribution is 0.153. The predicted molar refractivity (Wildman–Crippen MR) is 55.0 cm³/mol. The molecule has 0 fully saturated rings. The Hall–Kier alpha value is -1.29. The molecule has 0 aromatic rings. The van der Waals surface area contributed by atoms with Crippen LogP contribution in [0, 0.1) is 0 Å². The summed E-state index contributed by atoms with van der Waals surface area (Å²) in [4.78, 5) is 11.0. The van der Waals surface area contributed by atoms with Crippen LogP contribution in [-0.4, -0.2) is 30.5 Å². The van der Waals surface area contributed by atoms with Gasteiger partial charge in [-0.25, -0.2) is 4.79 Å². The molecule has 0 bridgehead atoms. The number of carbonyl (C=O) groups is 1. The second-order valence-corrected chi connectivity index (χ2v) is 3.24. The maximum absolute atomic E-state index is 11.0. The lowest BCUT2D eigenvalue weighted by atomic mass is 10.1. The number of hydrogen-bond donors (Lipinski definition) is 2. The van der Waals surface area contributed by atoms with Gasteiger partial charge in [-0.1, -0.05) is 13.2 Å². The largest absolute Gasteiger partial charge is 0.445 e. The van der Waals surface area contributed by atoms with Crippen LogP contribution in [0.3, 0.4) is 0 Å². The Morgan fingerprint density at radius 1 is 1.43 bits per heavy atom. The monoisotopic (exact) mass is 199 g/mol. The fourth-order valence-electron chi connectivity index (χ4n) is 0.644. The summed E-state index contributed by atoms with van der Waals surface area (Å²) in [6, 6.07) is 0.0387. The minimum Gasteiger partial charge on any atom is -0.445 e. The Morgan fingerprint density at radius 3 is 2.43 bits per heavy atom. The van der Waals surface area contributed by atoms with Gasteiger partial charge in [-0.15, -0.1) is 0 Å². The first-order valence-electron chi connectivity index (χ1n) is 4.37.